The van der Waals surface area contributed by atoms with Gasteiger partial charge in [0.2, 0.25) is 0 Å². The maximum absolute atomic E-state index is 13.7. The van der Waals surface area contributed by atoms with Crippen LogP contribution in [0.5, 0.6) is 0 Å². The first-order valence-electron chi connectivity index (χ1n) is 12.2. The number of anilines is 1. The zero-order valence-corrected chi connectivity index (χ0v) is 22.0. The van der Waals surface area contributed by atoms with E-state index in [2.05, 4.69) is 10.6 Å². The van der Waals surface area contributed by atoms with Crippen molar-refractivity contribution >= 4 is 46.8 Å². The number of nitro benzene ring substituents is 1. The second-order valence-electron chi connectivity index (χ2n) is 9.02. The Labute approximate surface area is 237 Å². The maximum Gasteiger partial charge on any atom is 0.323 e. The first kappa shape index (κ1) is 29.0. The molecule has 1 heterocycles. The molecule has 3 aromatic carbocycles. The van der Waals surface area contributed by atoms with Gasteiger partial charge in [-0.1, -0.05) is 29.8 Å². The Hall–Kier alpha value is -5.04. The molecule has 14 heteroatoms. The van der Waals surface area contributed by atoms with E-state index in [0.29, 0.717) is 10.7 Å². The van der Waals surface area contributed by atoms with Crippen LogP contribution in [-0.2, 0) is 9.59 Å². The highest BCUT2D eigenvalue weighted by Gasteiger charge is 2.44. The summed E-state index contributed by atoms with van der Waals surface area (Å²) in [4.78, 5) is 64.8. The summed E-state index contributed by atoms with van der Waals surface area (Å²) in [6.07, 6.45) is -2.18. The topological polar surface area (TPSA) is 162 Å². The predicted molar refractivity (Wildman–Crippen MR) is 145 cm³/mol. The van der Waals surface area contributed by atoms with Crippen molar-refractivity contribution in [1.82, 2.24) is 15.1 Å². The average Bonchev–Trinajstić information content (AvgIpc) is 3.38. The molecule has 0 bridgehead atoms. The molecule has 4 amide bonds. The van der Waals surface area contributed by atoms with Crippen molar-refractivity contribution in [2.24, 2.45) is 0 Å². The lowest BCUT2D eigenvalue weighted by Crippen LogP contribution is -2.55. The largest absolute Gasteiger partial charge is 0.481 e. The number of benzene rings is 3. The van der Waals surface area contributed by atoms with Crippen molar-refractivity contribution in [3.05, 3.63) is 105 Å². The van der Waals surface area contributed by atoms with Crippen molar-refractivity contribution in [3.63, 3.8) is 0 Å². The summed E-state index contributed by atoms with van der Waals surface area (Å²) in [7, 11) is 0. The van der Waals surface area contributed by atoms with E-state index in [-0.39, 0.29) is 29.9 Å². The predicted octanol–water partition coefficient (Wildman–Crippen LogP) is 4.04. The van der Waals surface area contributed by atoms with Gasteiger partial charge in [0.05, 0.1) is 17.4 Å². The fourth-order valence-electron chi connectivity index (χ4n) is 4.38. The third kappa shape index (κ3) is 6.94. The minimum Gasteiger partial charge on any atom is -0.481 e. The van der Waals surface area contributed by atoms with Gasteiger partial charge in [-0.05, 0) is 48.0 Å². The van der Waals surface area contributed by atoms with Crippen LogP contribution in [0.3, 0.4) is 0 Å². The number of nitrogens with one attached hydrogen (secondary N) is 2. The number of urea groups is 1. The van der Waals surface area contributed by atoms with Gasteiger partial charge in [0, 0.05) is 41.5 Å². The fraction of sp³-hybridized carbons (Fsp3) is 0.185. The van der Waals surface area contributed by atoms with Crippen LogP contribution < -0.4 is 10.6 Å². The standard InChI is InChI=1S/C27H23ClFN5O7/c28-18-4-2-5-20(14-18)30-27(39)33-12-11-32(26(38)16-7-9-19(29)10-8-16)25(33)24(37)31-22(15-23(35)36)17-3-1-6-21(13-17)34(40)41/h1-10,13-14,22,25H,11-12,15H2,(H,30,39)(H,31,37)(H,35,36). The molecule has 0 saturated carbocycles. The minimum atomic E-state index is -1.54. The Morgan fingerprint density at radius 3 is 2.37 bits per heavy atom. The van der Waals surface area contributed by atoms with Gasteiger partial charge in [0.1, 0.15) is 5.82 Å². The van der Waals surface area contributed by atoms with E-state index >= 15 is 0 Å². The number of amides is 4. The molecule has 0 aliphatic carbocycles. The summed E-state index contributed by atoms with van der Waals surface area (Å²) in [5, 5.41) is 26.2. The van der Waals surface area contributed by atoms with Crippen LogP contribution in [0.4, 0.5) is 20.6 Å². The lowest BCUT2D eigenvalue weighted by atomic mass is 10.0. The summed E-state index contributed by atoms with van der Waals surface area (Å²) in [6.45, 7) is -0.143. The van der Waals surface area contributed by atoms with Gasteiger partial charge in [-0.25, -0.2) is 9.18 Å². The van der Waals surface area contributed by atoms with Gasteiger partial charge >= 0.3 is 12.0 Å². The molecule has 1 saturated heterocycles. The monoisotopic (exact) mass is 583 g/mol. The number of hydrogen-bond acceptors (Lipinski definition) is 6. The molecule has 1 fully saturated rings. The van der Waals surface area contributed by atoms with E-state index in [1.54, 1.807) is 18.2 Å². The molecule has 4 rings (SSSR count). The number of nitro groups is 1. The molecule has 41 heavy (non-hydrogen) atoms. The second kappa shape index (κ2) is 12.4. The molecule has 1 aliphatic heterocycles. The molecule has 12 nitrogen and oxygen atoms in total. The minimum absolute atomic E-state index is 0.0575. The van der Waals surface area contributed by atoms with Crippen molar-refractivity contribution in [2.45, 2.75) is 18.6 Å². The zero-order chi connectivity index (χ0) is 29.7. The summed E-state index contributed by atoms with van der Waals surface area (Å²) in [6, 6.07) is 14.0. The van der Waals surface area contributed by atoms with Gasteiger partial charge < -0.3 is 20.6 Å². The number of carboxylic acids is 1. The molecular formula is C27H23ClFN5O7. The molecule has 0 spiro atoms. The molecular weight excluding hydrogens is 561 g/mol. The van der Waals surface area contributed by atoms with Crippen molar-refractivity contribution in [3.8, 4) is 0 Å². The highest BCUT2D eigenvalue weighted by molar-refractivity contribution is 6.30. The van der Waals surface area contributed by atoms with Gasteiger partial charge in [-0.3, -0.25) is 29.4 Å². The first-order valence-corrected chi connectivity index (χ1v) is 12.6. The van der Waals surface area contributed by atoms with E-state index in [9.17, 15) is 38.8 Å². The Morgan fingerprint density at radius 1 is 1.02 bits per heavy atom. The van der Waals surface area contributed by atoms with Crippen LogP contribution in [0.15, 0.2) is 72.8 Å². The Morgan fingerprint density at radius 2 is 1.71 bits per heavy atom. The second-order valence-corrected chi connectivity index (χ2v) is 9.46. The molecule has 0 radical (unpaired) electrons. The lowest BCUT2D eigenvalue weighted by Gasteiger charge is -2.31. The van der Waals surface area contributed by atoms with E-state index in [1.807, 2.05) is 0 Å². The summed E-state index contributed by atoms with van der Waals surface area (Å²) in [5.41, 5.74) is 0.204. The number of halogens is 2. The van der Waals surface area contributed by atoms with E-state index in [4.69, 9.17) is 11.6 Å². The molecule has 2 atom stereocenters. The highest BCUT2D eigenvalue weighted by Crippen LogP contribution is 2.25. The molecule has 3 aromatic rings. The maximum atomic E-state index is 13.7. The smallest absolute Gasteiger partial charge is 0.323 e. The number of nitrogens with zero attached hydrogens (tertiary/aromatic N) is 3. The normalized spacial score (nSPS) is 15.2. The van der Waals surface area contributed by atoms with Crippen molar-refractivity contribution < 1.29 is 33.6 Å². The Bertz CT molecular complexity index is 1500. The number of aliphatic carboxylic acids is 1. The van der Waals surface area contributed by atoms with Crippen LogP contribution in [0.2, 0.25) is 5.02 Å². The van der Waals surface area contributed by atoms with Gasteiger partial charge in [-0.2, -0.15) is 0 Å². The third-order valence-electron chi connectivity index (χ3n) is 6.27. The Kier molecular flexibility index (Phi) is 8.78. The number of carbonyl (C=O) groups is 4. The number of hydrogen-bond donors (Lipinski definition) is 3. The summed E-state index contributed by atoms with van der Waals surface area (Å²) < 4.78 is 13.5. The molecule has 1 aliphatic rings. The van der Waals surface area contributed by atoms with Crippen molar-refractivity contribution in [2.75, 3.05) is 18.4 Å². The van der Waals surface area contributed by atoms with Gasteiger partial charge in [-0.15, -0.1) is 0 Å². The number of non-ortho nitro benzene ring substituents is 1. The SMILES string of the molecule is O=C(O)CC(NC(=O)C1N(C(=O)Nc2cccc(Cl)c2)CCN1C(=O)c1ccc(F)cc1)c1cccc([N+](=O)[O-])c1. The van der Waals surface area contributed by atoms with E-state index in [1.165, 1.54) is 36.4 Å². The quantitative estimate of drug-likeness (QED) is 0.266. The number of rotatable bonds is 8. The fourth-order valence-corrected chi connectivity index (χ4v) is 4.57. The average molecular weight is 584 g/mol. The molecule has 0 aromatic heterocycles. The summed E-state index contributed by atoms with van der Waals surface area (Å²) >= 11 is 6.00. The molecule has 2 unspecified atom stereocenters. The van der Waals surface area contributed by atoms with Crippen LogP contribution in [0.25, 0.3) is 0 Å². The third-order valence-corrected chi connectivity index (χ3v) is 6.51. The van der Waals surface area contributed by atoms with Crippen LogP contribution in [0, 0.1) is 15.9 Å². The number of carbonyl (C=O) groups excluding carboxylic acids is 3. The lowest BCUT2D eigenvalue weighted by molar-refractivity contribution is -0.384. The van der Waals surface area contributed by atoms with E-state index < -0.39 is 53.2 Å². The van der Waals surface area contributed by atoms with Crippen molar-refractivity contribution in [1.29, 1.82) is 0 Å². The summed E-state index contributed by atoms with van der Waals surface area (Å²) in [5.74, 6) is -3.46. The van der Waals surface area contributed by atoms with Gasteiger partial charge in [0.25, 0.3) is 17.5 Å². The first-order chi connectivity index (χ1) is 19.5. The van der Waals surface area contributed by atoms with Gasteiger partial charge in [0.15, 0.2) is 6.17 Å². The zero-order valence-electron chi connectivity index (χ0n) is 21.2. The van der Waals surface area contributed by atoms with Crippen LogP contribution in [0.1, 0.15) is 28.4 Å². The molecule has 212 valence electrons. The van der Waals surface area contributed by atoms with Crippen LogP contribution >= 0.6 is 11.6 Å². The highest BCUT2D eigenvalue weighted by atomic mass is 35.5. The van der Waals surface area contributed by atoms with Crippen LogP contribution in [-0.4, -0.2) is 62.9 Å². The Balaban J connectivity index is 1.66. The molecule has 3 N–H and O–H groups in total. The number of carboxylic acid groups (broad SMARTS) is 1. The van der Waals surface area contributed by atoms with E-state index in [0.717, 1.165) is 28.0 Å².